The summed E-state index contributed by atoms with van der Waals surface area (Å²) in [6, 6.07) is 0.785. The van der Waals surface area contributed by atoms with Crippen LogP contribution in [0.3, 0.4) is 0 Å². The zero-order chi connectivity index (χ0) is 14.7. The van der Waals surface area contributed by atoms with E-state index in [0.29, 0.717) is 18.6 Å². The largest absolute Gasteiger partial charge is 0.383 e. The molecule has 0 aromatic rings. The zero-order valence-corrected chi connectivity index (χ0v) is 13.1. The summed E-state index contributed by atoms with van der Waals surface area (Å²) >= 11 is 0. The van der Waals surface area contributed by atoms with Crippen LogP contribution in [0.15, 0.2) is 4.99 Å². The van der Waals surface area contributed by atoms with Crippen LogP contribution in [-0.4, -0.2) is 56.8 Å². The molecule has 0 amide bonds. The van der Waals surface area contributed by atoms with Gasteiger partial charge in [-0.3, -0.25) is 10.4 Å². The van der Waals surface area contributed by atoms with Crippen molar-refractivity contribution in [3.63, 3.8) is 0 Å². The lowest BCUT2D eigenvalue weighted by atomic mass is 10.2. The van der Waals surface area contributed by atoms with Crippen LogP contribution in [0, 0.1) is 0 Å². The highest BCUT2D eigenvalue weighted by Gasteiger charge is 2.04. The molecule has 1 unspecified atom stereocenters. The Hall–Kier alpha value is -0.850. The number of aliphatic imine (C=N–C) groups is 1. The minimum absolute atomic E-state index is 0.187. The first kappa shape index (κ1) is 18.1. The third-order valence-electron chi connectivity index (χ3n) is 3.01. The molecular formula is C13H31N5O. The van der Waals surface area contributed by atoms with Gasteiger partial charge in [0.2, 0.25) is 5.96 Å². The van der Waals surface area contributed by atoms with Crippen molar-refractivity contribution in [2.75, 3.05) is 33.9 Å². The summed E-state index contributed by atoms with van der Waals surface area (Å²) in [6.45, 7) is 8.93. The van der Waals surface area contributed by atoms with Gasteiger partial charge < -0.3 is 15.0 Å². The zero-order valence-electron chi connectivity index (χ0n) is 13.1. The van der Waals surface area contributed by atoms with Gasteiger partial charge in [0, 0.05) is 25.7 Å². The molecule has 0 rings (SSSR count). The van der Waals surface area contributed by atoms with Gasteiger partial charge in [0.1, 0.15) is 0 Å². The van der Waals surface area contributed by atoms with Gasteiger partial charge in [-0.15, -0.1) is 0 Å². The Bertz CT molecular complexity index is 245. The Morgan fingerprint density at radius 3 is 2.53 bits per heavy atom. The monoisotopic (exact) mass is 273 g/mol. The van der Waals surface area contributed by atoms with Crippen molar-refractivity contribution in [2.24, 2.45) is 10.8 Å². The van der Waals surface area contributed by atoms with E-state index in [-0.39, 0.29) is 6.04 Å². The third-order valence-corrected chi connectivity index (χ3v) is 3.01. The SMILES string of the molecule is COCC(C)NC(=NCCCCN(C)C(C)C)NN. The lowest BCUT2D eigenvalue weighted by Gasteiger charge is -2.20. The first-order valence-corrected chi connectivity index (χ1v) is 6.98. The predicted molar refractivity (Wildman–Crippen MR) is 81.1 cm³/mol. The molecule has 0 heterocycles. The predicted octanol–water partition coefficient (Wildman–Crippen LogP) is 0.551. The first-order valence-electron chi connectivity index (χ1n) is 6.98. The second-order valence-electron chi connectivity index (χ2n) is 5.16. The van der Waals surface area contributed by atoms with E-state index in [4.69, 9.17) is 10.6 Å². The Morgan fingerprint density at radius 2 is 2.00 bits per heavy atom. The highest BCUT2D eigenvalue weighted by Crippen LogP contribution is 1.98. The number of rotatable bonds is 9. The number of hydrogen-bond acceptors (Lipinski definition) is 4. The molecule has 0 bridgehead atoms. The Labute approximate surface area is 117 Å². The van der Waals surface area contributed by atoms with Crippen LogP contribution in [0.25, 0.3) is 0 Å². The smallest absolute Gasteiger partial charge is 0.206 e. The van der Waals surface area contributed by atoms with E-state index in [1.807, 2.05) is 6.92 Å². The molecule has 19 heavy (non-hydrogen) atoms. The van der Waals surface area contributed by atoms with Gasteiger partial charge in [-0.05, 0) is 47.2 Å². The summed E-state index contributed by atoms with van der Waals surface area (Å²) in [6.07, 6.45) is 2.20. The Morgan fingerprint density at radius 1 is 1.32 bits per heavy atom. The fourth-order valence-corrected chi connectivity index (χ4v) is 1.58. The van der Waals surface area contributed by atoms with Crippen molar-refractivity contribution in [1.82, 2.24) is 15.6 Å². The number of hydrogen-bond donors (Lipinski definition) is 3. The van der Waals surface area contributed by atoms with Crippen LogP contribution in [-0.2, 0) is 4.74 Å². The molecule has 0 aliphatic heterocycles. The summed E-state index contributed by atoms with van der Waals surface area (Å²) in [5.74, 6) is 6.05. The number of nitrogens with one attached hydrogen (secondary N) is 2. The van der Waals surface area contributed by atoms with Crippen molar-refractivity contribution in [1.29, 1.82) is 0 Å². The summed E-state index contributed by atoms with van der Waals surface area (Å²) in [5, 5.41) is 3.16. The van der Waals surface area contributed by atoms with E-state index >= 15 is 0 Å². The number of nitrogens with two attached hydrogens (primary N) is 1. The molecule has 114 valence electrons. The van der Waals surface area contributed by atoms with Crippen LogP contribution in [0.5, 0.6) is 0 Å². The summed E-state index contributed by atoms with van der Waals surface area (Å²) in [4.78, 5) is 6.74. The molecule has 0 spiro atoms. The number of unbranched alkanes of at least 4 members (excludes halogenated alkanes) is 1. The molecule has 0 radical (unpaired) electrons. The van der Waals surface area contributed by atoms with Crippen LogP contribution in [0.4, 0.5) is 0 Å². The molecule has 0 aliphatic carbocycles. The number of nitrogens with zero attached hydrogens (tertiary/aromatic N) is 2. The number of hydrazine groups is 1. The topological polar surface area (TPSA) is 74.9 Å². The summed E-state index contributed by atoms with van der Waals surface area (Å²) in [7, 11) is 3.82. The van der Waals surface area contributed by atoms with Crippen molar-refractivity contribution < 1.29 is 4.74 Å². The maximum absolute atomic E-state index is 5.43. The maximum Gasteiger partial charge on any atom is 0.206 e. The van der Waals surface area contributed by atoms with Gasteiger partial charge >= 0.3 is 0 Å². The molecule has 0 saturated heterocycles. The van der Waals surface area contributed by atoms with Gasteiger partial charge in [0.05, 0.1) is 6.61 Å². The highest BCUT2D eigenvalue weighted by atomic mass is 16.5. The van der Waals surface area contributed by atoms with Gasteiger partial charge in [-0.1, -0.05) is 0 Å². The van der Waals surface area contributed by atoms with Crippen LogP contribution < -0.4 is 16.6 Å². The van der Waals surface area contributed by atoms with Crippen molar-refractivity contribution in [3.8, 4) is 0 Å². The molecule has 0 saturated carbocycles. The molecule has 1 atom stereocenters. The lowest BCUT2D eigenvalue weighted by molar-refractivity contribution is 0.179. The number of methoxy groups -OCH3 is 1. The highest BCUT2D eigenvalue weighted by molar-refractivity contribution is 5.79. The van der Waals surface area contributed by atoms with E-state index in [9.17, 15) is 0 Å². The fourth-order valence-electron chi connectivity index (χ4n) is 1.58. The van der Waals surface area contributed by atoms with E-state index in [2.05, 4.69) is 41.5 Å². The summed E-state index contributed by atoms with van der Waals surface area (Å²) < 4.78 is 5.05. The molecule has 0 aromatic carbocycles. The van der Waals surface area contributed by atoms with Crippen LogP contribution >= 0.6 is 0 Å². The maximum atomic E-state index is 5.43. The molecule has 6 nitrogen and oxygen atoms in total. The average Bonchev–Trinajstić information content (AvgIpc) is 2.36. The average molecular weight is 273 g/mol. The van der Waals surface area contributed by atoms with Crippen LogP contribution in [0.2, 0.25) is 0 Å². The van der Waals surface area contributed by atoms with Crippen LogP contribution in [0.1, 0.15) is 33.6 Å². The minimum atomic E-state index is 0.187. The van der Waals surface area contributed by atoms with Crippen molar-refractivity contribution in [2.45, 2.75) is 45.7 Å². The van der Waals surface area contributed by atoms with E-state index in [1.165, 1.54) is 0 Å². The second-order valence-corrected chi connectivity index (χ2v) is 5.16. The normalized spacial score (nSPS) is 14.0. The van der Waals surface area contributed by atoms with Gasteiger partial charge in [0.15, 0.2) is 0 Å². The van der Waals surface area contributed by atoms with Crippen molar-refractivity contribution >= 4 is 5.96 Å². The van der Waals surface area contributed by atoms with Gasteiger partial charge in [0.25, 0.3) is 0 Å². The third kappa shape index (κ3) is 9.69. The standard InChI is InChI=1S/C13H31N5O/c1-11(2)18(4)9-7-6-8-15-13(17-14)16-12(3)10-19-5/h11-12H,6-10,14H2,1-5H3,(H2,15,16,17). The fraction of sp³-hybridized carbons (Fsp3) is 0.923. The van der Waals surface area contributed by atoms with Crippen molar-refractivity contribution in [3.05, 3.63) is 0 Å². The molecule has 6 heteroatoms. The Kier molecular flexibility index (Phi) is 10.5. The van der Waals surface area contributed by atoms with Gasteiger partial charge in [-0.25, -0.2) is 5.84 Å². The molecular weight excluding hydrogens is 242 g/mol. The van der Waals surface area contributed by atoms with E-state index < -0.39 is 0 Å². The van der Waals surface area contributed by atoms with E-state index in [1.54, 1.807) is 7.11 Å². The molecule has 0 aromatic heterocycles. The first-order chi connectivity index (χ1) is 9.01. The number of guanidine groups is 1. The lowest BCUT2D eigenvalue weighted by Crippen LogP contribution is -2.46. The quantitative estimate of drug-likeness (QED) is 0.188. The Balaban J connectivity index is 3.82. The molecule has 0 aliphatic rings. The number of ether oxygens (including phenoxy) is 1. The second kappa shape index (κ2) is 11.0. The molecule has 4 N–H and O–H groups in total. The summed E-state index contributed by atoms with van der Waals surface area (Å²) in [5.41, 5.74) is 2.58. The van der Waals surface area contributed by atoms with Gasteiger partial charge in [-0.2, -0.15) is 0 Å². The van der Waals surface area contributed by atoms with E-state index in [0.717, 1.165) is 25.9 Å². The molecule has 0 fully saturated rings. The minimum Gasteiger partial charge on any atom is -0.383 e.